The van der Waals surface area contributed by atoms with Crippen molar-refractivity contribution in [2.75, 3.05) is 0 Å². The van der Waals surface area contributed by atoms with Gasteiger partial charge in [-0.2, -0.15) is 21.0 Å². The fourth-order valence-electron chi connectivity index (χ4n) is 2.33. The number of rotatable bonds is 1. The summed E-state index contributed by atoms with van der Waals surface area (Å²) in [5.41, 5.74) is -2.99. The molecule has 1 fully saturated rings. The number of halogens is 2. The minimum atomic E-state index is -1.70. The highest BCUT2D eigenvalue weighted by atomic mass is 79.9. The number of nitriles is 4. The van der Waals surface area contributed by atoms with Crippen molar-refractivity contribution in [3.8, 4) is 24.3 Å². The van der Waals surface area contributed by atoms with Crippen molar-refractivity contribution in [3.05, 3.63) is 34.1 Å². The zero-order valence-corrected chi connectivity index (χ0v) is 10.9. The monoisotopic (exact) mass is 314 g/mol. The van der Waals surface area contributed by atoms with Gasteiger partial charge < -0.3 is 0 Å². The summed E-state index contributed by atoms with van der Waals surface area (Å²) >= 11 is 3.00. The van der Waals surface area contributed by atoms with Crippen molar-refractivity contribution in [3.63, 3.8) is 0 Å². The molecule has 0 radical (unpaired) electrons. The fourth-order valence-corrected chi connectivity index (χ4v) is 2.72. The van der Waals surface area contributed by atoms with E-state index in [0.717, 1.165) is 6.07 Å². The lowest BCUT2D eigenvalue weighted by Crippen LogP contribution is -2.05. The van der Waals surface area contributed by atoms with Gasteiger partial charge in [0.15, 0.2) is 10.8 Å². The van der Waals surface area contributed by atoms with Gasteiger partial charge in [0, 0.05) is 0 Å². The van der Waals surface area contributed by atoms with E-state index in [9.17, 15) is 4.39 Å². The second-order valence-corrected chi connectivity index (χ2v) is 5.02. The van der Waals surface area contributed by atoms with Crippen LogP contribution in [0.1, 0.15) is 11.5 Å². The van der Waals surface area contributed by atoms with E-state index in [1.165, 1.54) is 12.1 Å². The molecule has 2 rings (SSSR count). The third-order valence-corrected chi connectivity index (χ3v) is 3.99. The molecule has 0 N–H and O–H groups in total. The summed E-state index contributed by atoms with van der Waals surface area (Å²) in [5, 5.41) is 36.6. The van der Waals surface area contributed by atoms with Crippen LogP contribution >= 0.6 is 15.9 Å². The quantitative estimate of drug-likeness (QED) is 0.796. The Balaban J connectivity index is 2.62. The van der Waals surface area contributed by atoms with E-state index >= 15 is 0 Å². The number of benzene rings is 1. The number of hydrogen-bond acceptors (Lipinski definition) is 4. The molecule has 0 amide bonds. The van der Waals surface area contributed by atoms with E-state index in [0.29, 0.717) is 5.56 Å². The lowest BCUT2D eigenvalue weighted by molar-refractivity contribution is 0.620. The Morgan fingerprint density at radius 1 is 1.00 bits per heavy atom. The Labute approximate surface area is 117 Å². The first kappa shape index (κ1) is 13.0. The van der Waals surface area contributed by atoms with Crippen molar-refractivity contribution in [1.82, 2.24) is 0 Å². The highest BCUT2D eigenvalue weighted by molar-refractivity contribution is 9.10. The van der Waals surface area contributed by atoms with Gasteiger partial charge in [0.05, 0.1) is 34.7 Å². The molecule has 6 heteroatoms. The standard InChI is InChI=1S/C13H4BrFN4/c14-9-3-8(1-2-10(9)15)11-12(4-16,5-17)13(11,6-18)7-19/h1-3,11H. The smallest absolute Gasteiger partial charge is 0.185 e. The number of hydrogen-bond donors (Lipinski definition) is 0. The second-order valence-electron chi connectivity index (χ2n) is 4.17. The molecule has 1 aliphatic rings. The summed E-state index contributed by atoms with van der Waals surface area (Å²) in [6.07, 6.45) is 0. The van der Waals surface area contributed by atoms with Crippen molar-refractivity contribution in [1.29, 1.82) is 21.0 Å². The molecule has 1 aliphatic carbocycles. The van der Waals surface area contributed by atoms with E-state index in [1.807, 2.05) is 0 Å². The zero-order valence-electron chi connectivity index (χ0n) is 9.35. The Morgan fingerprint density at radius 3 is 1.84 bits per heavy atom. The van der Waals surface area contributed by atoms with Crippen molar-refractivity contribution >= 4 is 15.9 Å². The highest BCUT2D eigenvalue weighted by Gasteiger charge is 2.82. The van der Waals surface area contributed by atoms with Crippen LogP contribution in [0.4, 0.5) is 4.39 Å². The predicted molar refractivity (Wildman–Crippen MR) is 64.2 cm³/mol. The molecule has 0 bridgehead atoms. The molecular formula is C13H4BrFN4. The normalized spacial score (nSPS) is 18.4. The van der Waals surface area contributed by atoms with Crippen LogP contribution in [-0.2, 0) is 0 Å². The summed E-state index contributed by atoms with van der Waals surface area (Å²) in [6, 6.07) is 11.0. The number of nitrogens with zero attached hydrogens (tertiary/aromatic N) is 4. The molecule has 0 spiro atoms. The van der Waals surface area contributed by atoms with Gasteiger partial charge in [-0.3, -0.25) is 0 Å². The maximum atomic E-state index is 13.2. The lowest BCUT2D eigenvalue weighted by Gasteiger charge is -2.01. The Bertz CT molecular complexity index is 663. The topological polar surface area (TPSA) is 95.2 Å². The highest BCUT2D eigenvalue weighted by Crippen LogP contribution is 2.73. The van der Waals surface area contributed by atoms with Crippen molar-refractivity contribution in [2.45, 2.75) is 5.92 Å². The summed E-state index contributed by atoms with van der Waals surface area (Å²) in [7, 11) is 0. The molecule has 4 nitrogen and oxygen atoms in total. The van der Waals surface area contributed by atoms with E-state index < -0.39 is 22.6 Å². The molecule has 0 saturated heterocycles. The van der Waals surface area contributed by atoms with Gasteiger partial charge in [-0.25, -0.2) is 4.39 Å². The van der Waals surface area contributed by atoms with Crippen LogP contribution in [0.3, 0.4) is 0 Å². The largest absolute Gasteiger partial charge is 0.206 e. The Morgan fingerprint density at radius 2 is 1.47 bits per heavy atom. The molecular weight excluding hydrogens is 311 g/mol. The maximum absolute atomic E-state index is 13.2. The average Bonchev–Trinajstić information content (AvgIpc) is 3.05. The minimum Gasteiger partial charge on any atom is -0.206 e. The molecule has 0 heterocycles. The molecule has 0 aromatic heterocycles. The van der Waals surface area contributed by atoms with Gasteiger partial charge in [0.2, 0.25) is 0 Å². The van der Waals surface area contributed by atoms with Gasteiger partial charge in [-0.15, -0.1) is 0 Å². The summed E-state index contributed by atoms with van der Waals surface area (Å²) < 4.78 is 13.3. The fraction of sp³-hybridized carbons (Fsp3) is 0.231. The molecule has 19 heavy (non-hydrogen) atoms. The zero-order chi connectivity index (χ0) is 14.3. The lowest BCUT2D eigenvalue weighted by atomic mass is 9.98. The maximum Gasteiger partial charge on any atom is 0.185 e. The minimum absolute atomic E-state index is 0.159. The first-order valence-electron chi connectivity index (χ1n) is 5.13. The molecule has 1 saturated carbocycles. The van der Waals surface area contributed by atoms with Crippen LogP contribution in [0, 0.1) is 62.0 Å². The van der Waals surface area contributed by atoms with Crippen LogP contribution in [0.2, 0.25) is 0 Å². The third-order valence-electron chi connectivity index (χ3n) is 3.39. The van der Waals surface area contributed by atoms with E-state index in [4.69, 9.17) is 21.0 Å². The van der Waals surface area contributed by atoms with Crippen LogP contribution < -0.4 is 0 Å². The van der Waals surface area contributed by atoms with Crippen LogP contribution in [-0.4, -0.2) is 0 Å². The van der Waals surface area contributed by atoms with Gasteiger partial charge in [-0.05, 0) is 33.6 Å². The van der Waals surface area contributed by atoms with Gasteiger partial charge in [0.25, 0.3) is 0 Å². The predicted octanol–water partition coefficient (Wildman–Crippen LogP) is 2.75. The van der Waals surface area contributed by atoms with E-state index in [-0.39, 0.29) is 4.47 Å². The Kier molecular flexibility index (Phi) is 2.78. The molecule has 0 unspecified atom stereocenters. The average molecular weight is 315 g/mol. The van der Waals surface area contributed by atoms with Crippen LogP contribution in [0.15, 0.2) is 22.7 Å². The Hall–Kier alpha value is -2.41. The summed E-state index contributed by atoms with van der Waals surface area (Å²) in [4.78, 5) is 0. The van der Waals surface area contributed by atoms with Crippen LogP contribution in [0.5, 0.6) is 0 Å². The van der Waals surface area contributed by atoms with E-state index in [1.54, 1.807) is 24.3 Å². The van der Waals surface area contributed by atoms with Crippen molar-refractivity contribution in [2.24, 2.45) is 10.8 Å². The summed E-state index contributed by atoms with van der Waals surface area (Å²) in [5.74, 6) is -1.36. The molecule has 0 atom stereocenters. The SMILES string of the molecule is N#CC1(C#N)C(c2ccc(F)c(Br)c2)C1(C#N)C#N. The summed E-state index contributed by atoms with van der Waals surface area (Å²) in [6.45, 7) is 0. The van der Waals surface area contributed by atoms with Crippen molar-refractivity contribution < 1.29 is 4.39 Å². The third kappa shape index (κ3) is 1.39. The first-order valence-corrected chi connectivity index (χ1v) is 5.92. The van der Waals surface area contributed by atoms with Gasteiger partial charge in [0.1, 0.15) is 5.82 Å². The molecule has 1 aromatic rings. The van der Waals surface area contributed by atoms with E-state index in [2.05, 4.69) is 15.9 Å². The first-order chi connectivity index (χ1) is 9.02. The van der Waals surface area contributed by atoms with Crippen LogP contribution in [0.25, 0.3) is 0 Å². The molecule has 0 aliphatic heterocycles. The molecule has 1 aromatic carbocycles. The van der Waals surface area contributed by atoms with Gasteiger partial charge in [-0.1, -0.05) is 6.07 Å². The second kappa shape index (κ2) is 4.06. The van der Waals surface area contributed by atoms with Gasteiger partial charge >= 0.3 is 0 Å². The molecule has 90 valence electrons.